The third kappa shape index (κ3) is 6.99. The van der Waals surface area contributed by atoms with Crippen LogP contribution in [0.3, 0.4) is 0 Å². The predicted octanol–water partition coefficient (Wildman–Crippen LogP) is 4.61. The standard InChI is InChI=1S/C29H47N3O3/c1-5-30-26(34)15-10-17-31-28(35)27(23-11-7-6-8-12-23)22(3)32-18-16-29(4,21(2)20-32)24-13-9-14-25(33)19-24/h9,13-14,19,21-23,27,33H,5-8,10-12,15-18,20H2,1-4H3,(H,30,34)(H,31,35). The van der Waals surface area contributed by atoms with Crippen LogP contribution in [0, 0.1) is 17.8 Å². The molecule has 0 radical (unpaired) electrons. The van der Waals surface area contributed by atoms with Gasteiger partial charge in [0.2, 0.25) is 11.8 Å². The lowest BCUT2D eigenvalue weighted by atomic mass is 9.67. The van der Waals surface area contributed by atoms with E-state index in [9.17, 15) is 14.7 Å². The van der Waals surface area contributed by atoms with Crippen molar-refractivity contribution in [2.75, 3.05) is 26.2 Å². The maximum atomic E-state index is 13.5. The van der Waals surface area contributed by atoms with Crippen LogP contribution >= 0.6 is 0 Å². The Morgan fingerprint density at radius 3 is 2.60 bits per heavy atom. The molecule has 35 heavy (non-hydrogen) atoms. The number of amides is 2. The summed E-state index contributed by atoms with van der Waals surface area (Å²) in [6.45, 7) is 11.9. The fraction of sp³-hybridized carbons (Fsp3) is 0.724. The fourth-order valence-corrected chi connectivity index (χ4v) is 6.34. The summed E-state index contributed by atoms with van der Waals surface area (Å²) >= 11 is 0. The molecule has 2 fully saturated rings. The number of phenolic OH excluding ortho intramolecular Hbond substituents is 1. The van der Waals surface area contributed by atoms with Crippen LogP contribution in [0.4, 0.5) is 0 Å². The van der Waals surface area contributed by atoms with Gasteiger partial charge >= 0.3 is 0 Å². The summed E-state index contributed by atoms with van der Waals surface area (Å²) in [6, 6.07) is 7.89. The number of aromatic hydroxyl groups is 1. The summed E-state index contributed by atoms with van der Waals surface area (Å²) in [5.74, 6) is 1.36. The second kappa shape index (κ2) is 12.8. The quantitative estimate of drug-likeness (QED) is 0.423. The molecule has 1 heterocycles. The van der Waals surface area contributed by atoms with Gasteiger partial charge in [-0.15, -0.1) is 0 Å². The van der Waals surface area contributed by atoms with Gasteiger partial charge in [-0.05, 0) is 81.0 Å². The molecule has 1 aliphatic heterocycles. The Bertz CT molecular complexity index is 838. The number of carbonyl (C=O) groups is 2. The zero-order valence-corrected chi connectivity index (χ0v) is 22.3. The molecular formula is C29H47N3O3. The number of benzene rings is 1. The molecule has 6 heteroatoms. The lowest BCUT2D eigenvalue weighted by Crippen LogP contribution is -2.55. The van der Waals surface area contributed by atoms with Gasteiger partial charge in [0.15, 0.2) is 0 Å². The lowest BCUT2D eigenvalue weighted by molar-refractivity contribution is -0.130. The number of carbonyl (C=O) groups excluding carboxylic acids is 2. The number of phenols is 1. The molecule has 4 unspecified atom stereocenters. The first-order chi connectivity index (χ1) is 16.8. The minimum atomic E-state index is -0.0166. The minimum absolute atomic E-state index is 0.0105. The Kier molecular flexibility index (Phi) is 10.0. The number of nitrogens with one attached hydrogen (secondary N) is 2. The molecule has 4 atom stereocenters. The van der Waals surface area contributed by atoms with Crippen molar-refractivity contribution in [3.8, 4) is 5.75 Å². The van der Waals surface area contributed by atoms with Crippen molar-refractivity contribution in [1.29, 1.82) is 0 Å². The minimum Gasteiger partial charge on any atom is -0.508 e. The highest BCUT2D eigenvalue weighted by molar-refractivity contribution is 5.80. The van der Waals surface area contributed by atoms with Gasteiger partial charge in [-0.25, -0.2) is 0 Å². The summed E-state index contributed by atoms with van der Waals surface area (Å²) < 4.78 is 0. The molecule has 1 aromatic rings. The van der Waals surface area contributed by atoms with Gasteiger partial charge in [0, 0.05) is 32.1 Å². The van der Waals surface area contributed by atoms with Crippen LogP contribution in [0.25, 0.3) is 0 Å². The van der Waals surface area contributed by atoms with Gasteiger partial charge in [-0.1, -0.05) is 45.2 Å². The molecule has 1 aromatic carbocycles. The van der Waals surface area contributed by atoms with E-state index in [1.165, 1.54) is 24.8 Å². The topological polar surface area (TPSA) is 81.7 Å². The number of hydrogen-bond donors (Lipinski definition) is 3. The van der Waals surface area contributed by atoms with E-state index in [1.807, 2.05) is 19.1 Å². The van der Waals surface area contributed by atoms with Gasteiger partial charge in [-0.3, -0.25) is 14.5 Å². The predicted molar refractivity (Wildman–Crippen MR) is 141 cm³/mol. The number of hydrogen-bond acceptors (Lipinski definition) is 4. The van der Waals surface area contributed by atoms with E-state index < -0.39 is 0 Å². The summed E-state index contributed by atoms with van der Waals surface area (Å²) in [5.41, 5.74) is 1.21. The van der Waals surface area contributed by atoms with Crippen LogP contribution in [0.15, 0.2) is 24.3 Å². The highest BCUT2D eigenvalue weighted by Gasteiger charge is 2.43. The van der Waals surface area contributed by atoms with E-state index in [4.69, 9.17) is 0 Å². The van der Waals surface area contributed by atoms with Crippen molar-refractivity contribution in [3.05, 3.63) is 29.8 Å². The number of rotatable bonds is 10. The average Bonchev–Trinajstić information content (AvgIpc) is 2.84. The highest BCUT2D eigenvalue weighted by Crippen LogP contribution is 2.42. The van der Waals surface area contributed by atoms with E-state index >= 15 is 0 Å². The Hall–Kier alpha value is -2.08. The first-order valence-corrected chi connectivity index (χ1v) is 13.8. The lowest BCUT2D eigenvalue weighted by Gasteiger charge is -2.49. The van der Waals surface area contributed by atoms with Crippen LogP contribution in [-0.4, -0.2) is 54.0 Å². The molecule has 0 spiro atoms. The van der Waals surface area contributed by atoms with Gasteiger partial charge in [0.05, 0.1) is 5.92 Å². The largest absolute Gasteiger partial charge is 0.508 e. The first-order valence-electron chi connectivity index (χ1n) is 13.8. The van der Waals surface area contributed by atoms with Crippen molar-refractivity contribution in [2.24, 2.45) is 17.8 Å². The van der Waals surface area contributed by atoms with Crippen molar-refractivity contribution in [1.82, 2.24) is 15.5 Å². The molecule has 1 aliphatic carbocycles. The van der Waals surface area contributed by atoms with Crippen LogP contribution < -0.4 is 10.6 Å². The molecule has 3 rings (SSSR count). The number of nitrogens with zero attached hydrogens (tertiary/aromatic N) is 1. The molecule has 3 N–H and O–H groups in total. The number of likely N-dealkylation sites (tertiary alicyclic amines) is 1. The Balaban J connectivity index is 1.65. The maximum absolute atomic E-state index is 13.5. The molecule has 0 aromatic heterocycles. The van der Waals surface area contributed by atoms with E-state index in [1.54, 1.807) is 6.07 Å². The Morgan fingerprint density at radius 1 is 1.20 bits per heavy atom. The van der Waals surface area contributed by atoms with Crippen molar-refractivity contribution < 1.29 is 14.7 Å². The molecular weight excluding hydrogens is 438 g/mol. The van der Waals surface area contributed by atoms with Gasteiger partial charge in [0.25, 0.3) is 0 Å². The van der Waals surface area contributed by atoms with Crippen LogP contribution in [-0.2, 0) is 15.0 Å². The normalized spacial score (nSPS) is 25.5. The first kappa shape index (κ1) is 27.5. The van der Waals surface area contributed by atoms with E-state index in [0.717, 1.165) is 32.4 Å². The molecule has 2 aliphatic rings. The van der Waals surface area contributed by atoms with Crippen molar-refractivity contribution in [2.45, 2.75) is 90.5 Å². The van der Waals surface area contributed by atoms with Crippen molar-refractivity contribution in [3.63, 3.8) is 0 Å². The molecule has 2 amide bonds. The van der Waals surface area contributed by atoms with Crippen LogP contribution in [0.2, 0.25) is 0 Å². The Morgan fingerprint density at radius 2 is 1.94 bits per heavy atom. The molecule has 1 saturated heterocycles. The molecule has 6 nitrogen and oxygen atoms in total. The highest BCUT2D eigenvalue weighted by atomic mass is 16.3. The molecule has 0 bridgehead atoms. The fourth-order valence-electron chi connectivity index (χ4n) is 6.34. The van der Waals surface area contributed by atoms with Gasteiger partial charge in [-0.2, -0.15) is 0 Å². The second-order valence-corrected chi connectivity index (χ2v) is 11.1. The summed E-state index contributed by atoms with van der Waals surface area (Å²) in [6.07, 6.45) is 8.09. The van der Waals surface area contributed by atoms with Gasteiger partial charge < -0.3 is 15.7 Å². The van der Waals surface area contributed by atoms with E-state index in [0.29, 0.717) is 43.5 Å². The summed E-state index contributed by atoms with van der Waals surface area (Å²) in [5, 5.41) is 16.0. The monoisotopic (exact) mass is 485 g/mol. The van der Waals surface area contributed by atoms with E-state index in [-0.39, 0.29) is 29.2 Å². The zero-order valence-electron chi connectivity index (χ0n) is 22.3. The van der Waals surface area contributed by atoms with Crippen molar-refractivity contribution >= 4 is 11.8 Å². The van der Waals surface area contributed by atoms with Crippen LogP contribution in [0.5, 0.6) is 5.75 Å². The second-order valence-electron chi connectivity index (χ2n) is 11.1. The van der Waals surface area contributed by atoms with Gasteiger partial charge in [0.1, 0.15) is 5.75 Å². The molecule has 1 saturated carbocycles. The maximum Gasteiger partial charge on any atom is 0.224 e. The molecule has 196 valence electrons. The smallest absolute Gasteiger partial charge is 0.224 e. The average molecular weight is 486 g/mol. The number of piperidine rings is 1. The third-order valence-electron chi connectivity index (χ3n) is 8.83. The third-order valence-corrected chi connectivity index (χ3v) is 8.83. The van der Waals surface area contributed by atoms with Crippen LogP contribution in [0.1, 0.15) is 84.6 Å². The zero-order chi connectivity index (χ0) is 25.4. The SMILES string of the molecule is CCNC(=O)CCCNC(=O)C(C1CCCCC1)C(C)N1CCC(C)(c2cccc(O)c2)C(C)C1. The summed E-state index contributed by atoms with van der Waals surface area (Å²) in [7, 11) is 0. The summed E-state index contributed by atoms with van der Waals surface area (Å²) in [4.78, 5) is 27.8. The van der Waals surface area contributed by atoms with E-state index in [2.05, 4.69) is 42.4 Å². The Labute approximate surface area is 212 Å².